The predicted octanol–water partition coefficient (Wildman–Crippen LogP) is 1.19. The van der Waals surface area contributed by atoms with Gasteiger partial charge in [0.05, 0.1) is 19.7 Å². The Hall–Kier alpha value is -0.750. The average molecular weight is 266 g/mol. The molecular formula is C12H24F2N2O2. The largest absolute Gasteiger partial charge is 0.395 e. The summed E-state index contributed by atoms with van der Waals surface area (Å²) in [5.74, 6) is -0.186. The first kappa shape index (κ1) is 17.2. The van der Waals surface area contributed by atoms with E-state index in [1.165, 1.54) is 4.90 Å². The van der Waals surface area contributed by atoms with Crippen molar-refractivity contribution in [1.82, 2.24) is 9.80 Å². The monoisotopic (exact) mass is 266 g/mol. The zero-order chi connectivity index (χ0) is 14.3. The highest BCUT2D eigenvalue weighted by atomic mass is 19.3. The fourth-order valence-corrected chi connectivity index (χ4v) is 2.02. The van der Waals surface area contributed by atoms with E-state index in [1.54, 1.807) is 4.90 Å². The van der Waals surface area contributed by atoms with E-state index in [-0.39, 0.29) is 37.7 Å². The fraction of sp³-hybridized carbons (Fsp3) is 0.917. The van der Waals surface area contributed by atoms with Gasteiger partial charge in [0.1, 0.15) is 0 Å². The Balaban J connectivity index is 4.55. The van der Waals surface area contributed by atoms with E-state index in [1.807, 2.05) is 27.7 Å². The average Bonchev–Trinajstić information content (AvgIpc) is 2.14. The van der Waals surface area contributed by atoms with Crippen LogP contribution in [0.5, 0.6) is 0 Å². The highest BCUT2D eigenvalue weighted by molar-refractivity contribution is 5.78. The standard InChI is InChI=1S/C12H24F2N2O2/c1-9(2)16(10(3)4)12(18)8-15(5-6-17)7-11(13)14/h9-11,17H,5-8H2,1-4H3. The molecule has 0 saturated carbocycles. The summed E-state index contributed by atoms with van der Waals surface area (Å²) in [4.78, 5) is 15.0. The van der Waals surface area contributed by atoms with E-state index in [9.17, 15) is 13.6 Å². The van der Waals surface area contributed by atoms with Gasteiger partial charge in [-0.15, -0.1) is 0 Å². The molecule has 0 atom stereocenters. The molecule has 0 aliphatic heterocycles. The minimum atomic E-state index is -2.50. The SMILES string of the molecule is CC(C)N(C(=O)CN(CCO)CC(F)F)C(C)C. The molecule has 4 nitrogen and oxygen atoms in total. The quantitative estimate of drug-likeness (QED) is 0.718. The van der Waals surface area contributed by atoms with Crippen LogP contribution in [0.2, 0.25) is 0 Å². The summed E-state index contributed by atoms with van der Waals surface area (Å²) >= 11 is 0. The van der Waals surface area contributed by atoms with Crippen molar-refractivity contribution in [2.45, 2.75) is 46.2 Å². The maximum absolute atomic E-state index is 12.3. The fourth-order valence-electron chi connectivity index (χ4n) is 2.02. The molecule has 0 fully saturated rings. The van der Waals surface area contributed by atoms with Crippen molar-refractivity contribution in [3.8, 4) is 0 Å². The summed E-state index contributed by atoms with van der Waals surface area (Å²) in [6, 6.07) is 0.0556. The van der Waals surface area contributed by atoms with Crippen LogP contribution in [0.25, 0.3) is 0 Å². The van der Waals surface area contributed by atoms with Gasteiger partial charge < -0.3 is 10.0 Å². The van der Waals surface area contributed by atoms with E-state index < -0.39 is 13.0 Å². The molecule has 0 rings (SSSR count). The third-order valence-electron chi connectivity index (χ3n) is 2.57. The van der Waals surface area contributed by atoms with Crippen LogP contribution in [0.1, 0.15) is 27.7 Å². The zero-order valence-corrected chi connectivity index (χ0v) is 11.6. The molecular weight excluding hydrogens is 242 g/mol. The van der Waals surface area contributed by atoms with Crippen LogP contribution in [0.4, 0.5) is 8.78 Å². The minimum Gasteiger partial charge on any atom is -0.395 e. The van der Waals surface area contributed by atoms with E-state index >= 15 is 0 Å². The molecule has 0 aliphatic carbocycles. The Bertz CT molecular complexity index is 240. The first-order chi connectivity index (χ1) is 8.29. The van der Waals surface area contributed by atoms with Gasteiger partial charge in [0, 0.05) is 18.6 Å². The first-order valence-electron chi connectivity index (χ1n) is 6.22. The summed E-state index contributed by atoms with van der Waals surface area (Å²) in [7, 11) is 0. The second-order valence-corrected chi connectivity index (χ2v) is 4.84. The van der Waals surface area contributed by atoms with E-state index in [4.69, 9.17) is 5.11 Å². The van der Waals surface area contributed by atoms with Crippen molar-refractivity contribution in [2.24, 2.45) is 0 Å². The van der Waals surface area contributed by atoms with Gasteiger partial charge in [-0.2, -0.15) is 0 Å². The maximum Gasteiger partial charge on any atom is 0.251 e. The first-order valence-corrected chi connectivity index (χ1v) is 6.22. The second kappa shape index (κ2) is 8.37. The van der Waals surface area contributed by atoms with Crippen LogP contribution < -0.4 is 0 Å². The van der Waals surface area contributed by atoms with Gasteiger partial charge >= 0.3 is 0 Å². The van der Waals surface area contributed by atoms with Crippen LogP contribution >= 0.6 is 0 Å². The lowest BCUT2D eigenvalue weighted by Gasteiger charge is -2.33. The van der Waals surface area contributed by atoms with Crippen LogP contribution in [-0.2, 0) is 4.79 Å². The Morgan fingerprint density at radius 2 is 1.67 bits per heavy atom. The Labute approximate surface area is 108 Å². The van der Waals surface area contributed by atoms with Crippen molar-refractivity contribution >= 4 is 5.91 Å². The molecule has 0 aromatic carbocycles. The van der Waals surface area contributed by atoms with Gasteiger partial charge in [-0.05, 0) is 27.7 Å². The van der Waals surface area contributed by atoms with E-state index in [2.05, 4.69) is 0 Å². The Morgan fingerprint density at radius 1 is 1.17 bits per heavy atom. The topological polar surface area (TPSA) is 43.8 Å². The molecule has 1 amide bonds. The molecule has 0 heterocycles. The number of halogens is 2. The number of carbonyl (C=O) groups excluding carboxylic acids is 1. The van der Waals surface area contributed by atoms with E-state index in [0.717, 1.165) is 0 Å². The van der Waals surface area contributed by atoms with Gasteiger partial charge in [0.15, 0.2) is 0 Å². The molecule has 0 radical (unpaired) electrons. The molecule has 0 saturated heterocycles. The maximum atomic E-state index is 12.3. The molecule has 0 aromatic heterocycles. The molecule has 0 bridgehead atoms. The third kappa shape index (κ3) is 6.26. The van der Waals surface area contributed by atoms with Gasteiger partial charge in [-0.25, -0.2) is 8.78 Å². The van der Waals surface area contributed by atoms with Gasteiger partial charge in [0.25, 0.3) is 6.43 Å². The van der Waals surface area contributed by atoms with Crippen molar-refractivity contribution in [2.75, 3.05) is 26.2 Å². The number of nitrogens with zero attached hydrogens (tertiary/aromatic N) is 2. The summed E-state index contributed by atoms with van der Waals surface area (Å²) in [6.45, 7) is 6.84. The number of alkyl halides is 2. The summed E-state index contributed by atoms with van der Waals surface area (Å²) < 4.78 is 24.7. The highest BCUT2D eigenvalue weighted by Crippen LogP contribution is 2.07. The number of rotatable bonds is 8. The number of aliphatic hydroxyl groups excluding tert-OH is 1. The second-order valence-electron chi connectivity index (χ2n) is 4.84. The number of hydrogen-bond donors (Lipinski definition) is 1. The molecule has 0 spiro atoms. The zero-order valence-electron chi connectivity index (χ0n) is 11.6. The van der Waals surface area contributed by atoms with Crippen molar-refractivity contribution in [3.05, 3.63) is 0 Å². The number of amides is 1. The lowest BCUT2D eigenvalue weighted by Crippen LogP contribution is -2.48. The summed E-state index contributed by atoms with van der Waals surface area (Å²) in [5.41, 5.74) is 0. The van der Waals surface area contributed by atoms with E-state index in [0.29, 0.717) is 0 Å². The lowest BCUT2D eigenvalue weighted by molar-refractivity contribution is -0.136. The number of aliphatic hydroxyl groups is 1. The molecule has 0 aliphatic rings. The molecule has 1 N–H and O–H groups in total. The van der Waals surface area contributed by atoms with Gasteiger partial charge in [0.2, 0.25) is 5.91 Å². The number of hydrogen-bond acceptors (Lipinski definition) is 3. The van der Waals surface area contributed by atoms with Gasteiger partial charge in [-0.1, -0.05) is 0 Å². The van der Waals surface area contributed by atoms with Crippen molar-refractivity contribution in [3.63, 3.8) is 0 Å². The lowest BCUT2D eigenvalue weighted by atomic mass is 10.2. The summed E-state index contributed by atoms with van der Waals surface area (Å²) in [5, 5.41) is 8.81. The third-order valence-corrected chi connectivity index (χ3v) is 2.57. The molecule has 0 aromatic rings. The van der Waals surface area contributed by atoms with Crippen LogP contribution in [0.3, 0.4) is 0 Å². The van der Waals surface area contributed by atoms with Crippen LogP contribution in [-0.4, -0.2) is 65.6 Å². The van der Waals surface area contributed by atoms with Crippen LogP contribution in [0.15, 0.2) is 0 Å². The minimum absolute atomic E-state index is 0.0278. The summed E-state index contributed by atoms with van der Waals surface area (Å²) in [6.07, 6.45) is -2.50. The predicted molar refractivity (Wildman–Crippen MR) is 66.6 cm³/mol. The molecule has 0 unspecified atom stereocenters. The van der Waals surface area contributed by atoms with Crippen molar-refractivity contribution in [1.29, 1.82) is 0 Å². The Morgan fingerprint density at radius 3 is 2.00 bits per heavy atom. The molecule has 108 valence electrons. The van der Waals surface area contributed by atoms with Crippen LogP contribution in [0, 0.1) is 0 Å². The number of carbonyl (C=O) groups is 1. The highest BCUT2D eigenvalue weighted by Gasteiger charge is 2.23. The normalized spacial score (nSPS) is 11.9. The van der Waals surface area contributed by atoms with Gasteiger partial charge in [-0.3, -0.25) is 9.69 Å². The van der Waals surface area contributed by atoms with Crippen molar-refractivity contribution < 1.29 is 18.7 Å². The smallest absolute Gasteiger partial charge is 0.251 e. The Kier molecular flexibility index (Phi) is 8.02. The molecule has 18 heavy (non-hydrogen) atoms. The molecule has 6 heteroatoms.